The zero-order valence-corrected chi connectivity index (χ0v) is 18.8. The quantitative estimate of drug-likeness (QED) is 0.575. The van der Waals surface area contributed by atoms with Crippen molar-refractivity contribution < 1.29 is 17.6 Å². The summed E-state index contributed by atoms with van der Waals surface area (Å²) in [6, 6.07) is 6.06. The second-order valence-electron chi connectivity index (χ2n) is 7.07. The van der Waals surface area contributed by atoms with E-state index in [4.69, 9.17) is 0 Å². The molecule has 2 aromatic heterocycles. The van der Waals surface area contributed by atoms with E-state index < -0.39 is 21.7 Å². The standard InChI is InChI=1S/C21H26FN5O3S/c1-5-26(6-2)31(29,30)17-12-20(25(4)14-17)21(28)24-13-16-7-8-19(18(22)11-16)27-10-9-23-15(27)3/h7-12,14H,5-6,13H2,1-4H3,(H,24,28). The lowest BCUT2D eigenvalue weighted by atomic mass is 10.2. The van der Waals surface area contributed by atoms with Gasteiger partial charge in [0, 0.05) is 45.3 Å². The second-order valence-corrected chi connectivity index (χ2v) is 9.01. The van der Waals surface area contributed by atoms with Crippen molar-refractivity contribution in [2.75, 3.05) is 13.1 Å². The molecule has 0 unspecified atom stereocenters. The monoisotopic (exact) mass is 447 g/mol. The number of carbonyl (C=O) groups is 1. The van der Waals surface area contributed by atoms with Crippen molar-refractivity contribution >= 4 is 15.9 Å². The Balaban J connectivity index is 1.74. The predicted molar refractivity (Wildman–Crippen MR) is 115 cm³/mol. The molecular weight excluding hydrogens is 421 g/mol. The molecule has 0 saturated carbocycles. The van der Waals surface area contributed by atoms with E-state index in [9.17, 15) is 17.6 Å². The maximum Gasteiger partial charge on any atom is 0.268 e. The SMILES string of the molecule is CCN(CC)S(=O)(=O)c1cc(C(=O)NCc2ccc(-n3ccnc3C)c(F)c2)n(C)c1. The van der Waals surface area contributed by atoms with Crippen molar-refractivity contribution in [2.45, 2.75) is 32.2 Å². The molecule has 0 fully saturated rings. The number of sulfonamides is 1. The third kappa shape index (κ3) is 4.54. The first-order chi connectivity index (χ1) is 14.7. The van der Waals surface area contributed by atoms with Crippen molar-refractivity contribution in [1.82, 2.24) is 23.7 Å². The van der Waals surface area contributed by atoms with Gasteiger partial charge in [-0.25, -0.2) is 17.8 Å². The van der Waals surface area contributed by atoms with Gasteiger partial charge in [0.05, 0.1) is 5.69 Å². The topological polar surface area (TPSA) is 89.2 Å². The summed E-state index contributed by atoms with van der Waals surface area (Å²) in [4.78, 5) is 16.8. The normalized spacial score (nSPS) is 11.8. The van der Waals surface area contributed by atoms with Gasteiger partial charge in [-0.15, -0.1) is 0 Å². The van der Waals surface area contributed by atoms with Crippen LogP contribution >= 0.6 is 0 Å². The number of hydrogen-bond donors (Lipinski definition) is 1. The van der Waals surface area contributed by atoms with Crippen molar-refractivity contribution in [1.29, 1.82) is 0 Å². The van der Waals surface area contributed by atoms with Crippen LogP contribution < -0.4 is 5.32 Å². The first-order valence-electron chi connectivity index (χ1n) is 9.92. The van der Waals surface area contributed by atoms with E-state index in [2.05, 4.69) is 10.3 Å². The predicted octanol–water partition coefficient (Wildman–Crippen LogP) is 2.62. The number of rotatable bonds is 8. The van der Waals surface area contributed by atoms with Crippen LogP contribution in [0, 0.1) is 12.7 Å². The Morgan fingerprint density at radius 2 is 1.94 bits per heavy atom. The summed E-state index contributed by atoms with van der Waals surface area (Å²) in [5.41, 5.74) is 1.16. The number of carbonyl (C=O) groups excluding carboxylic acids is 1. The molecule has 1 N–H and O–H groups in total. The third-order valence-corrected chi connectivity index (χ3v) is 7.12. The smallest absolute Gasteiger partial charge is 0.268 e. The number of nitrogens with one attached hydrogen (secondary N) is 1. The van der Waals surface area contributed by atoms with Crippen molar-refractivity contribution in [3.05, 3.63) is 65.8 Å². The van der Waals surface area contributed by atoms with Gasteiger partial charge >= 0.3 is 0 Å². The molecule has 166 valence electrons. The Bertz CT molecular complexity index is 1200. The summed E-state index contributed by atoms with van der Waals surface area (Å²) < 4.78 is 44.4. The first-order valence-corrected chi connectivity index (χ1v) is 11.4. The molecule has 0 aliphatic carbocycles. The second kappa shape index (κ2) is 9.03. The highest BCUT2D eigenvalue weighted by atomic mass is 32.2. The highest BCUT2D eigenvalue weighted by Gasteiger charge is 2.25. The molecule has 1 aromatic carbocycles. The van der Waals surface area contributed by atoms with Gasteiger partial charge in [0.2, 0.25) is 10.0 Å². The lowest BCUT2D eigenvalue weighted by molar-refractivity contribution is 0.0942. The van der Waals surface area contributed by atoms with Crippen LogP contribution in [0.5, 0.6) is 0 Å². The summed E-state index contributed by atoms with van der Waals surface area (Å²) in [6.07, 6.45) is 4.69. The van der Waals surface area contributed by atoms with E-state index in [1.165, 1.54) is 27.2 Å². The molecule has 2 heterocycles. The Morgan fingerprint density at radius 3 is 2.52 bits per heavy atom. The zero-order chi connectivity index (χ0) is 22.8. The fraction of sp³-hybridized carbons (Fsp3) is 0.333. The number of imidazole rings is 1. The minimum atomic E-state index is -3.66. The summed E-state index contributed by atoms with van der Waals surface area (Å²) >= 11 is 0. The minimum Gasteiger partial charge on any atom is -0.347 e. The first kappa shape index (κ1) is 22.7. The van der Waals surface area contributed by atoms with Crippen LogP contribution in [-0.4, -0.2) is 45.8 Å². The Morgan fingerprint density at radius 1 is 1.23 bits per heavy atom. The average Bonchev–Trinajstić information content (AvgIpc) is 3.33. The van der Waals surface area contributed by atoms with Crippen molar-refractivity contribution in [3.8, 4) is 5.69 Å². The molecule has 1 amide bonds. The van der Waals surface area contributed by atoms with Gasteiger partial charge in [-0.1, -0.05) is 19.9 Å². The van der Waals surface area contributed by atoms with Crippen LogP contribution in [0.2, 0.25) is 0 Å². The average molecular weight is 448 g/mol. The van der Waals surface area contributed by atoms with Crippen molar-refractivity contribution in [2.24, 2.45) is 7.05 Å². The molecule has 0 atom stereocenters. The molecule has 0 bridgehead atoms. The molecule has 0 spiro atoms. The van der Waals surface area contributed by atoms with Gasteiger partial charge in [0.1, 0.15) is 22.2 Å². The highest BCUT2D eigenvalue weighted by molar-refractivity contribution is 7.89. The maximum absolute atomic E-state index is 14.5. The molecule has 0 aliphatic rings. The van der Waals surface area contributed by atoms with Gasteiger partial charge in [-0.2, -0.15) is 4.31 Å². The van der Waals surface area contributed by atoms with Gasteiger partial charge in [-0.05, 0) is 30.7 Å². The van der Waals surface area contributed by atoms with Gasteiger partial charge in [0.15, 0.2) is 0 Å². The van der Waals surface area contributed by atoms with E-state index >= 15 is 0 Å². The van der Waals surface area contributed by atoms with Crippen LogP contribution in [-0.2, 0) is 23.6 Å². The van der Waals surface area contributed by atoms with Gasteiger partial charge < -0.3 is 14.5 Å². The Hall–Kier alpha value is -2.98. The number of aromatic nitrogens is 3. The molecule has 0 aliphatic heterocycles. The fourth-order valence-corrected chi connectivity index (χ4v) is 4.90. The summed E-state index contributed by atoms with van der Waals surface area (Å²) in [5.74, 6) is -0.211. The lowest BCUT2D eigenvalue weighted by Crippen LogP contribution is -2.30. The summed E-state index contributed by atoms with van der Waals surface area (Å²) in [7, 11) is -2.05. The fourth-order valence-electron chi connectivity index (χ4n) is 3.37. The largest absolute Gasteiger partial charge is 0.347 e. The van der Waals surface area contributed by atoms with E-state index in [-0.39, 0.29) is 17.1 Å². The summed E-state index contributed by atoms with van der Waals surface area (Å²) in [5, 5.41) is 2.72. The lowest BCUT2D eigenvalue weighted by Gasteiger charge is -2.17. The molecule has 0 saturated heterocycles. The molecular formula is C21H26FN5O3S. The van der Waals surface area contributed by atoms with Gasteiger partial charge in [-0.3, -0.25) is 4.79 Å². The molecule has 10 heteroatoms. The minimum absolute atomic E-state index is 0.0648. The van der Waals surface area contributed by atoms with E-state index in [1.807, 2.05) is 0 Å². The number of amides is 1. The molecule has 31 heavy (non-hydrogen) atoms. The van der Waals surface area contributed by atoms with Crippen LogP contribution in [0.4, 0.5) is 4.39 Å². The number of halogens is 1. The molecule has 3 rings (SSSR count). The Kier molecular flexibility index (Phi) is 6.61. The van der Waals surface area contributed by atoms with Gasteiger partial charge in [0.25, 0.3) is 5.91 Å². The van der Waals surface area contributed by atoms with Crippen LogP contribution in [0.1, 0.15) is 35.7 Å². The molecule has 8 nitrogen and oxygen atoms in total. The summed E-state index contributed by atoms with van der Waals surface area (Å²) in [6.45, 7) is 6.08. The molecule has 0 radical (unpaired) electrons. The number of aryl methyl sites for hydroxylation is 2. The number of benzene rings is 1. The van der Waals surface area contributed by atoms with E-state index in [0.717, 1.165) is 0 Å². The maximum atomic E-state index is 14.5. The highest BCUT2D eigenvalue weighted by Crippen LogP contribution is 2.19. The van der Waals surface area contributed by atoms with E-state index in [1.54, 1.807) is 56.9 Å². The molecule has 3 aromatic rings. The number of nitrogens with zero attached hydrogens (tertiary/aromatic N) is 4. The van der Waals surface area contributed by atoms with Crippen LogP contribution in [0.15, 0.2) is 47.8 Å². The number of hydrogen-bond acceptors (Lipinski definition) is 4. The zero-order valence-electron chi connectivity index (χ0n) is 18.0. The van der Waals surface area contributed by atoms with Crippen molar-refractivity contribution in [3.63, 3.8) is 0 Å². The van der Waals surface area contributed by atoms with Crippen LogP contribution in [0.3, 0.4) is 0 Å². The van der Waals surface area contributed by atoms with Crippen LogP contribution in [0.25, 0.3) is 5.69 Å². The third-order valence-electron chi connectivity index (χ3n) is 5.11. The van der Waals surface area contributed by atoms with E-state index in [0.29, 0.717) is 30.2 Å². The Labute approximate surface area is 181 Å².